The fourth-order valence-electron chi connectivity index (χ4n) is 1.39. The summed E-state index contributed by atoms with van der Waals surface area (Å²) in [6.45, 7) is 1.66. The van der Waals surface area contributed by atoms with Crippen LogP contribution in [0.3, 0.4) is 0 Å². The van der Waals surface area contributed by atoms with Crippen molar-refractivity contribution in [1.29, 1.82) is 0 Å². The third-order valence-electron chi connectivity index (χ3n) is 2.39. The van der Waals surface area contributed by atoms with Crippen molar-refractivity contribution in [1.82, 2.24) is 10.1 Å². The maximum absolute atomic E-state index is 8.89. The SMILES string of the molecule is Cc1cccc(-c2nc(C(N)CO)no2)c1Cl. The van der Waals surface area contributed by atoms with Crippen LogP contribution >= 0.6 is 11.6 Å². The van der Waals surface area contributed by atoms with Crippen LogP contribution in [0.2, 0.25) is 5.02 Å². The minimum absolute atomic E-state index is 0.236. The second-order valence-corrected chi connectivity index (χ2v) is 4.06. The van der Waals surface area contributed by atoms with E-state index in [0.29, 0.717) is 16.5 Å². The normalized spacial score (nSPS) is 12.7. The van der Waals surface area contributed by atoms with Crippen LogP contribution in [-0.2, 0) is 0 Å². The summed E-state index contributed by atoms with van der Waals surface area (Å²) < 4.78 is 5.07. The number of aryl methyl sites for hydroxylation is 1. The molecule has 5 nitrogen and oxygen atoms in total. The summed E-state index contributed by atoms with van der Waals surface area (Å²) in [6.07, 6.45) is 0. The number of halogens is 1. The number of aliphatic hydroxyl groups is 1. The predicted octanol–water partition coefficient (Wildman–Crippen LogP) is 1.69. The third-order valence-corrected chi connectivity index (χ3v) is 2.89. The molecule has 1 aromatic carbocycles. The Morgan fingerprint density at radius 2 is 2.29 bits per heavy atom. The van der Waals surface area contributed by atoms with Gasteiger partial charge >= 0.3 is 0 Å². The zero-order chi connectivity index (χ0) is 12.4. The van der Waals surface area contributed by atoms with Crippen LogP contribution < -0.4 is 5.73 Å². The topological polar surface area (TPSA) is 85.2 Å². The number of aliphatic hydroxyl groups excluding tert-OH is 1. The Bertz CT molecular complexity index is 527. The first-order valence-corrected chi connectivity index (χ1v) is 5.46. The highest BCUT2D eigenvalue weighted by atomic mass is 35.5. The summed E-state index contributed by atoms with van der Waals surface area (Å²) in [5.41, 5.74) is 7.17. The Morgan fingerprint density at radius 1 is 1.53 bits per heavy atom. The maximum Gasteiger partial charge on any atom is 0.259 e. The third kappa shape index (κ3) is 2.31. The average Bonchev–Trinajstić information content (AvgIpc) is 2.81. The molecule has 0 radical (unpaired) electrons. The fraction of sp³-hybridized carbons (Fsp3) is 0.273. The van der Waals surface area contributed by atoms with Crippen LogP contribution in [0.15, 0.2) is 22.7 Å². The van der Waals surface area contributed by atoms with E-state index in [1.165, 1.54) is 0 Å². The van der Waals surface area contributed by atoms with Gasteiger partial charge < -0.3 is 15.4 Å². The van der Waals surface area contributed by atoms with Gasteiger partial charge in [-0.15, -0.1) is 0 Å². The van der Waals surface area contributed by atoms with Gasteiger partial charge in [-0.1, -0.05) is 28.9 Å². The van der Waals surface area contributed by atoms with Crippen LogP contribution in [-0.4, -0.2) is 21.9 Å². The van der Waals surface area contributed by atoms with Gasteiger partial charge in [-0.25, -0.2) is 0 Å². The van der Waals surface area contributed by atoms with Gasteiger partial charge in [-0.2, -0.15) is 4.98 Å². The maximum atomic E-state index is 8.89. The van der Waals surface area contributed by atoms with E-state index in [9.17, 15) is 0 Å². The Hall–Kier alpha value is -1.43. The van der Waals surface area contributed by atoms with Gasteiger partial charge in [0.05, 0.1) is 23.2 Å². The lowest BCUT2D eigenvalue weighted by atomic mass is 10.1. The quantitative estimate of drug-likeness (QED) is 0.869. The molecule has 0 bridgehead atoms. The summed E-state index contributed by atoms with van der Waals surface area (Å²) in [7, 11) is 0. The molecule has 2 aromatic rings. The van der Waals surface area contributed by atoms with E-state index in [1.54, 1.807) is 6.07 Å². The molecule has 2 rings (SSSR count). The number of nitrogens with zero attached hydrogens (tertiary/aromatic N) is 2. The molecule has 6 heteroatoms. The highest BCUT2D eigenvalue weighted by molar-refractivity contribution is 6.33. The molecule has 0 aliphatic heterocycles. The second-order valence-electron chi connectivity index (χ2n) is 3.68. The number of aromatic nitrogens is 2. The molecule has 17 heavy (non-hydrogen) atoms. The Kier molecular flexibility index (Phi) is 3.42. The molecule has 0 saturated carbocycles. The van der Waals surface area contributed by atoms with Gasteiger partial charge in [-0.3, -0.25) is 0 Å². The zero-order valence-electron chi connectivity index (χ0n) is 9.22. The molecule has 1 aromatic heterocycles. The highest BCUT2D eigenvalue weighted by Crippen LogP contribution is 2.29. The van der Waals surface area contributed by atoms with Gasteiger partial charge in [0.2, 0.25) is 0 Å². The molecule has 0 aliphatic rings. The molecule has 1 heterocycles. The molecular weight excluding hydrogens is 242 g/mol. The second kappa shape index (κ2) is 4.83. The van der Waals surface area contributed by atoms with E-state index in [1.807, 2.05) is 19.1 Å². The molecular formula is C11H12ClN3O2. The van der Waals surface area contributed by atoms with E-state index in [-0.39, 0.29) is 12.4 Å². The Morgan fingerprint density at radius 3 is 3.00 bits per heavy atom. The molecule has 1 atom stereocenters. The smallest absolute Gasteiger partial charge is 0.259 e. The molecule has 90 valence electrons. The van der Waals surface area contributed by atoms with Crippen LogP contribution in [0.25, 0.3) is 11.5 Å². The number of benzene rings is 1. The van der Waals surface area contributed by atoms with E-state index in [2.05, 4.69) is 10.1 Å². The Balaban J connectivity index is 2.40. The van der Waals surface area contributed by atoms with E-state index in [4.69, 9.17) is 27.0 Å². The number of nitrogens with two attached hydrogens (primary N) is 1. The number of hydrogen-bond donors (Lipinski definition) is 2. The molecule has 0 aliphatic carbocycles. The lowest BCUT2D eigenvalue weighted by molar-refractivity contribution is 0.260. The van der Waals surface area contributed by atoms with Crippen LogP contribution in [0.4, 0.5) is 0 Å². The molecule has 0 fully saturated rings. The summed E-state index contributed by atoms with van der Waals surface area (Å²) in [6, 6.07) is 4.89. The molecule has 3 N–H and O–H groups in total. The Labute approximate surface area is 103 Å². The summed E-state index contributed by atoms with van der Waals surface area (Å²) in [5, 5.41) is 13.2. The van der Waals surface area contributed by atoms with Gasteiger partial charge in [-0.05, 0) is 18.6 Å². The molecule has 0 saturated heterocycles. The monoisotopic (exact) mass is 253 g/mol. The number of hydrogen-bond acceptors (Lipinski definition) is 5. The van der Waals surface area contributed by atoms with Crippen LogP contribution in [0, 0.1) is 6.92 Å². The molecule has 0 amide bonds. The first-order chi connectivity index (χ1) is 8.13. The van der Waals surface area contributed by atoms with Gasteiger partial charge in [0.25, 0.3) is 5.89 Å². The summed E-state index contributed by atoms with van der Waals surface area (Å²) in [4.78, 5) is 4.11. The van der Waals surface area contributed by atoms with Gasteiger partial charge in [0.1, 0.15) is 0 Å². The van der Waals surface area contributed by atoms with Crippen LogP contribution in [0.5, 0.6) is 0 Å². The van der Waals surface area contributed by atoms with E-state index < -0.39 is 6.04 Å². The van der Waals surface area contributed by atoms with Crippen LogP contribution in [0.1, 0.15) is 17.4 Å². The number of rotatable bonds is 3. The zero-order valence-corrected chi connectivity index (χ0v) is 9.98. The minimum Gasteiger partial charge on any atom is -0.394 e. The van der Waals surface area contributed by atoms with Gasteiger partial charge in [0, 0.05) is 0 Å². The largest absolute Gasteiger partial charge is 0.394 e. The van der Waals surface area contributed by atoms with Crippen molar-refractivity contribution >= 4 is 11.6 Å². The summed E-state index contributed by atoms with van der Waals surface area (Å²) in [5.74, 6) is 0.567. The van der Waals surface area contributed by atoms with Crippen molar-refractivity contribution in [3.63, 3.8) is 0 Å². The van der Waals surface area contributed by atoms with E-state index in [0.717, 1.165) is 5.56 Å². The van der Waals surface area contributed by atoms with E-state index >= 15 is 0 Å². The van der Waals surface area contributed by atoms with Gasteiger partial charge in [0.15, 0.2) is 5.82 Å². The molecule has 1 unspecified atom stereocenters. The van der Waals surface area contributed by atoms with Crippen molar-refractivity contribution in [2.75, 3.05) is 6.61 Å². The standard InChI is InChI=1S/C11H12ClN3O2/c1-6-3-2-4-7(9(6)12)11-14-10(15-17-11)8(13)5-16/h2-4,8,16H,5,13H2,1H3. The lowest BCUT2D eigenvalue weighted by Gasteiger charge is -2.01. The van der Waals surface area contributed by atoms with Crippen molar-refractivity contribution in [3.8, 4) is 11.5 Å². The van der Waals surface area contributed by atoms with Crippen molar-refractivity contribution < 1.29 is 9.63 Å². The predicted molar refractivity (Wildman–Crippen MR) is 63.5 cm³/mol. The summed E-state index contributed by atoms with van der Waals surface area (Å²) >= 11 is 6.14. The first-order valence-electron chi connectivity index (χ1n) is 5.09. The lowest BCUT2D eigenvalue weighted by Crippen LogP contribution is -2.15. The molecule has 0 spiro atoms. The first kappa shape index (κ1) is 12.0. The van der Waals surface area contributed by atoms with Crippen molar-refractivity contribution in [3.05, 3.63) is 34.6 Å². The fourth-order valence-corrected chi connectivity index (χ4v) is 1.60. The minimum atomic E-state index is -0.643. The average molecular weight is 254 g/mol. The van der Waals surface area contributed by atoms with Crippen molar-refractivity contribution in [2.24, 2.45) is 5.73 Å². The van der Waals surface area contributed by atoms with Crippen molar-refractivity contribution in [2.45, 2.75) is 13.0 Å². The highest BCUT2D eigenvalue weighted by Gasteiger charge is 2.16.